The Kier molecular flexibility index (Phi) is 4.35. The first-order valence-corrected chi connectivity index (χ1v) is 9.42. The number of aliphatic hydroxyl groups is 1. The second kappa shape index (κ2) is 6.57. The monoisotopic (exact) mass is 385 g/mol. The summed E-state index contributed by atoms with van der Waals surface area (Å²) in [5.41, 5.74) is 1.00. The standard InChI is InChI=1S/C21H20ClNO4/c1-27-20(26)16-18(24)17-15(13-5-7-14(22)8-6-13)9-12-23(17)21(19(16)25)10-3-2-4-11-21/h5-9,12,24H,2-4,10-11H2,1H3. The number of carbonyl (C=O) groups excluding carboxylic acids is 2. The summed E-state index contributed by atoms with van der Waals surface area (Å²) in [6.45, 7) is 0. The van der Waals surface area contributed by atoms with Gasteiger partial charge in [-0.15, -0.1) is 0 Å². The maximum atomic E-state index is 13.3. The molecule has 140 valence electrons. The molecule has 2 heterocycles. The van der Waals surface area contributed by atoms with Crippen LogP contribution in [0.5, 0.6) is 0 Å². The van der Waals surface area contributed by atoms with E-state index in [9.17, 15) is 14.7 Å². The number of rotatable bonds is 2. The van der Waals surface area contributed by atoms with Crippen molar-refractivity contribution in [2.24, 2.45) is 0 Å². The van der Waals surface area contributed by atoms with Crippen molar-refractivity contribution in [2.75, 3.05) is 7.11 Å². The first-order chi connectivity index (χ1) is 13.0. The van der Waals surface area contributed by atoms with Gasteiger partial charge in [-0.05, 0) is 36.6 Å². The molecule has 1 saturated carbocycles. The molecule has 4 rings (SSSR count). The van der Waals surface area contributed by atoms with Crippen LogP contribution in [0.25, 0.3) is 16.9 Å². The fraction of sp³-hybridized carbons (Fsp3) is 0.333. The number of methoxy groups -OCH3 is 1. The maximum absolute atomic E-state index is 13.3. The third kappa shape index (κ3) is 2.60. The van der Waals surface area contributed by atoms with Crippen LogP contribution in [0, 0.1) is 0 Å². The summed E-state index contributed by atoms with van der Waals surface area (Å²) in [5, 5.41) is 11.5. The van der Waals surface area contributed by atoms with Gasteiger partial charge in [0.05, 0.1) is 12.8 Å². The average Bonchev–Trinajstić information content (AvgIpc) is 3.14. The van der Waals surface area contributed by atoms with Crippen molar-refractivity contribution in [3.63, 3.8) is 0 Å². The van der Waals surface area contributed by atoms with Gasteiger partial charge >= 0.3 is 5.97 Å². The zero-order chi connectivity index (χ0) is 19.2. The molecule has 6 heteroatoms. The zero-order valence-corrected chi connectivity index (χ0v) is 15.8. The van der Waals surface area contributed by atoms with Gasteiger partial charge in [0.2, 0.25) is 0 Å². The Hall–Kier alpha value is -2.53. The second-order valence-electron chi connectivity index (χ2n) is 7.09. The lowest BCUT2D eigenvalue weighted by atomic mass is 9.73. The van der Waals surface area contributed by atoms with E-state index in [0.29, 0.717) is 23.6 Å². The molecular formula is C21H20ClNO4. The van der Waals surface area contributed by atoms with Crippen LogP contribution >= 0.6 is 11.6 Å². The molecular weight excluding hydrogens is 366 g/mol. The Morgan fingerprint density at radius 2 is 1.81 bits per heavy atom. The summed E-state index contributed by atoms with van der Waals surface area (Å²) < 4.78 is 6.67. The highest BCUT2D eigenvalue weighted by atomic mass is 35.5. The highest BCUT2D eigenvalue weighted by molar-refractivity contribution is 6.30. The summed E-state index contributed by atoms with van der Waals surface area (Å²) in [4.78, 5) is 25.7. The number of nitrogens with zero attached hydrogens (tertiary/aromatic N) is 1. The van der Waals surface area contributed by atoms with Gasteiger partial charge in [0.1, 0.15) is 11.1 Å². The molecule has 0 radical (unpaired) electrons. The number of halogens is 1. The molecule has 0 unspecified atom stereocenters. The molecule has 27 heavy (non-hydrogen) atoms. The number of fused-ring (bicyclic) bond motifs is 2. The summed E-state index contributed by atoms with van der Waals surface area (Å²) in [6, 6.07) is 9.13. The molecule has 1 aliphatic heterocycles. The highest BCUT2D eigenvalue weighted by Gasteiger charge is 2.50. The van der Waals surface area contributed by atoms with E-state index in [2.05, 4.69) is 0 Å². The number of esters is 1. The molecule has 2 aromatic rings. The van der Waals surface area contributed by atoms with Crippen LogP contribution in [0.15, 0.2) is 42.1 Å². The minimum Gasteiger partial charge on any atom is -0.505 e. The number of Topliss-reactive ketones (excluding diaryl/α,β-unsaturated/α-hetero) is 1. The number of ketones is 1. The summed E-state index contributed by atoms with van der Waals surface area (Å²) in [6.07, 6.45) is 5.97. The van der Waals surface area contributed by atoms with Crippen LogP contribution in [0.4, 0.5) is 0 Å². The molecule has 1 N–H and O–H groups in total. The molecule has 2 aliphatic rings. The number of aromatic nitrogens is 1. The van der Waals surface area contributed by atoms with E-state index >= 15 is 0 Å². The van der Waals surface area contributed by atoms with E-state index in [1.807, 2.05) is 29.0 Å². The van der Waals surface area contributed by atoms with Crippen LogP contribution in [0.1, 0.15) is 37.8 Å². The lowest BCUT2D eigenvalue weighted by Crippen LogP contribution is -2.48. The molecule has 0 atom stereocenters. The lowest BCUT2D eigenvalue weighted by molar-refractivity contribution is -0.140. The molecule has 0 bridgehead atoms. The normalized spacial score (nSPS) is 18.5. The van der Waals surface area contributed by atoms with Crippen molar-refractivity contribution in [2.45, 2.75) is 37.6 Å². The molecule has 5 nitrogen and oxygen atoms in total. The van der Waals surface area contributed by atoms with Crippen LogP contribution < -0.4 is 0 Å². The average molecular weight is 386 g/mol. The first-order valence-electron chi connectivity index (χ1n) is 9.04. The van der Waals surface area contributed by atoms with E-state index in [1.165, 1.54) is 7.11 Å². The van der Waals surface area contributed by atoms with Gasteiger partial charge < -0.3 is 14.4 Å². The topological polar surface area (TPSA) is 68.5 Å². The van der Waals surface area contributed by atoms with Gasteiger partial charge in [0, 0.05) is 16.8 Å². The quantitative estimate of drug-likeness (QED) is 0.610. The predicted molar refractivity (Wildman–Crippen MR) is 103 cm³/mol. The van der Waals surface area contributed by atoms with Gasteiger partial charge in [0.25, 0.3) is 0 Å². The third-order valence-electron chi connectivity index (χ3n) is 5.68. The van der Waals surface area contributed by atoms with Crippen molar-refractivity contribution in [3.05, 3.63) is 52.8 Å². The molecule has 1 fully saturated rings. The van der Waals surface area contributed by atoms with Gasteiger partial charge in [-0.3, -0.25) is 4.79 Å². The Morgan fingerprint density at radius 1 is 1.15 bits per heavy atom. The summed E-state index contributed by atoms with van der Waals surface area (Å²) in [7, 11) is 1.22. The van der Waals surface area contributed by atoms with Gasteiger partial charge in [-0.25, -0.2) is 4.79 Å². The number of aliphatic hydroxyl groups excluding tert-OH is 1. The van der Waals surface area contributed by atoms with E-state index in [4.69, 9.17) is 16.3 Å². The number of hydrogen-bond donors (Lipinski definition) is 1. The van der Waals surface area contributed by atoms with Gasteiger partial charge in [0.15, 0.2) is 11.5 Å². The third-order valence-corrected chi connectivity index (χ3v) is 5.94. The van der Waals surface area contributed by atoms with Crippen molar-refractivity contribution >= 4 is 29.1 Å². The van der Waals surface area contributed by atoms with Crippen LogP contribution in [-0.4, -0.2) is 28.5 Å². The lowest BCUT2D eigenvalue weighted by Gasteiger charge is -2.41. The molecule has 0 saturated heterocycles. The van der Waals surface area contributed by atoms with Crippen LogP contribution in [0.3, 0.4) is 0 Å². The fourth-order valence-corrected chi connectivity index (χ4v) is 4.48. The molecule has 1 aromatic heterocycles. The number of benzene rings is 1. The maximum Gasteiger partial charge on any atom is 0.345 e. The van der Waals surface area contributed by atoms with Crippen LogP contribution in [0.2, 0.25) is 5.02 Å². The smallest absolute Gasteiger partial charge is 0.345 e. The fourth-order valence-electron chi connectivity index (χ4n) is 4.36. The zero-order valence-electron chi connectivity index (χ0n) is 15.0. The minimum absolute atomic E-state index is 0.249. The van der Waals surface area contributed by atoms with Gasteiger partial charge in [-0.2, -0.15) is 0 Å². The number of hydrogen-bond acceptors (Lipinski definition) is 4. The molecule has 1 aliphatic carbocycles. The summed E-state index contributed by atoms with van der Waals surface area (Å²) >= 11 is 5.99. The highest BCUT2D eigenvalue weighted by Crippen LogP contribution is 2.46. The van der Waals surface area contributed by atoms with E-state index in [-0.39, 0.29) is 17.1 Å². The summed E-state index contributed by atoms with van der Waals surface area (Å²) in [5.74, 6) is -1.47. The van der Waals surface area contributed by atoms with E-state index in [1.54, 1.807) is 12.1 Å². The SMILES string of the molecule is COC(=O)C1=C(O)c2c(-c3ccc(Cl)cc3)ccn2C2(CCCCC2)C1=O. The Morgan fingerprint density at radius 3 is 2.44 bits per heavy atom. The van der Waals surface area contributed by atoms with Crippen molar-refractivity contribution in [3.8, 4) is 11.1 Å². The molecule has 1 aromatic carbocycles. The van der Waals surface area contributed by atoms with Crippen molar-refractivity contribution in [1.82, 2.24) is 4.57 Å². The van der Waals surface area contributed by atoms with E-state index in [0.717, 1.165) is 30.4 Å². The van der Waals surface area contributed by atoms with Gasteiger partial charge in [-0.1, -0.05) is 43.0 Å². The van der Waals surface area contributed by atoms with Crippen LogP contribution in [-0.2, 0) is 19.9 Å². The van der Waals surface area contributed by atoms with Crippen molar-refractivity contribution < 1.29 is 19.4 Å². The Bertz CT molecular complexity index is 949. The Balaban J connectivity index is 1.98. The molecule has 0 amide bonds. The predicted octanol–water partition coefficient (Wildman–Crippen LogP) is 4.49. The second-order valence-corrected chi connectivity index (χ2v) is 7.53. The van der Waals surface area contributed by atoms with E-state index < -0.39 is 11.5 Å². The number of ether oxygens (including phenoxy) is 1. The van der Waals surface area contributed by atoms with Crippen molar-refractivity contribution in [1.29, 1.82) is 0 Å². The Labute approximate surface area is 162 Å². The largest absolute Gasteiger partial charge is 0.505 e. The molecule has 1 spiro atoms. The number of carbonyl (C=O) groups is 2. The minimum atomic E-state index is -0.839. The first kappa shape index (κ1) is 17.9.